The fourth-order valence-electron chi connectivity index (χ4n) is 2.41. The minimum atomic E-state index is -3.39. The average Bonchev–Trinajstić information content (AvgIpc) is 3.10. The minimum absolute atomic E-state index is 0.0995. The molecule has 1 aromatic carbocycles. The second kappa shape index (κ2) is 4.96. The molecule has 1 saturated carbocycles. The second-order valence-electron chi connectivity index (χ2n) is 5.12. The summed E-state index contributed by atoms with van der Waals surface area (Å²) in [4.78, 5) is 11.4. The van der Waals surface area contributed by atoms with Crippen molar-refractivity contribution < 1.29 is 18.3 Å². The Bertz CT molecular complexity index is 613. The molecule has 1 N–H and O–H groups in total. The average molecular weight is 282 g/mol. The van der Waals surface area contributed by atoms with Crippen molar-refractivity contribution in [3.05, 3.63) is 28.8 Å². The molecule has 0 radical (unpaired) electrons. The van der Waals surface area contributed by atoms with Gasteiger partial charge in [-0.25, -0.2) is 13.2 Å². The molecule has 5 heteroatoms. The summed E-state index contributed by atoms with van der Waals surface area (Å²) in [6.45, 7) is 3.52. The van der Waals surface area contributed by atoms with Crippen LogP contribution >= 0.6 is 0 Å². The summed E-state index contributed by atoms with van der Waals surface area (Å²) in [5.41, 5.74) is 1.18. The van der Waals surface area contributed by atoms with Crippen LogP contribution in [0.15, 0.2) is 17.0 Å². The molecular formula is C14H18O4S. The molecule has 0 spiro atoms. The highest BCUT2D eigenvalue weighted by Crippen LogP contribution is 2.34. The Hall–Kier alpha value is -1.36. The van der Waals surface area contributed by atoms with Crippen molar-refractivity contribution in [2.75, 3.05) is 5.75 Å². The largest absolute Gasteiger partial charge is 0.478 e. The van der Waals surface area contributed by atoms with Crippen LogP contribution in [0.25, 0.3) is 0 Å². The minimum Gasteiger partial charge on any atom is -0.478 e. The van der Waals surface area contributed by atoms with Crippen LogP contribution in [0.5, 0.6) is 0 Å². The van der Waals surface area contributed by atoms with E-state index in [1.165, 1.54) is 6.07 Å². The first kappa shape index (κ1) is 14.1. The highest BCUT2D eigenvalue weighted by atomic mass is 32.2. The van der Waals surface area contributed by atoms with E-state index >= 15 is 0 Å². The van der Waals surface area contributed by atoms with Gasteiger partial charge in [-0.3, -0.25) is 0 Å². The summed E-state index contributed by atoms with van der Waals surface area (Å²) < 4.78 is 24.9. The molecule has 4 nitrogen and oxygen atoms in total. The first-order valence-electron chi connectivity index (χ1n) is 6.45. The molecule has 2 rings (SSSR count). The van der Waals surface area contributed by atoms with E-state index in [-0.39, 0.29) is 22.1 Å². The lowest BCUT2D eigenvalue weighted by Crippen LogP contribution is -2.15. The zero-order valence-electron chi connectivity index (χ0n) is 11.1. The van der Waals surface area contributed by atoms with Gasteiger partial charge in [-0.1, -0.05) is 13.0 Å². The van der Waals surface area contributed by atoms with Crippen LogP contribution < -0.4 is 0 Å². The number of aryl methyl sites for hydroxylation is 1. The van der Waals surface area contributed by atoms with E-state index in [2.05, 4.69) is 0 Å². The van der Waals surface area contributed by atoms with Crippen molar-refractivity contribution in [2.24, 2.45) is 5.92 Å². The highest BCUT2D eigenvalue weighted by Gasteiger charge is 2.32. The number of rotatable bonds is 5. The van der Waals surface area contributed by atoms with E-state index in [1.807, 2.05) is 0 Å². The molecule has 0 heterocycles. The summed E-state index contributed by atoms with van der Waals surface area (Å²) in [6, 6.07) is 3.08. The predicted octanol–water partition coefficient (Wildman–Crippen LogP) is 2.44. The third-order valence-electron chi connectivity index (χ3n) is 3.50. The van der Waals surface area contributed by atoms with Crippen LogP contribution in [-0.4, -0.2) is 25.2 Å². The van der Waals surface area contributed by atoms with E-state index < -0.39 is 15.8 Å². The first-order chi connectivity index (χ1) is 8.86. The van der Waals surface area contributed by atoms with Crippen molar-refractivity contribution >= 4 is 15.8 Å². The summed E-state index contributed by atoms with van der Waals surface area (Å²) in [6.07, 6.45) is 2.32. The first-order valence-corrected chi connectivity index (χ1v) is 8.10. The zero-order valence-corrected chi connectivity index (χ0v) is 12.0. The van der Waals surface area contributed by atoms with Crippen LogP contribution in [0.3, 0.4) is 0 Å². The zero-order chi connectivity index (χ0) is 14.2. The molecule has 0 unspecified atom stereocenters. The molecule has 104 valence electrons. The Morgan fingerprint density at radius 2 is 2.00 bits per heavy atom. The van der Waals surface area contributed by atoms with Crippen molar-refractivity contribution in [2.45, 2.75) is 38.0 Å². The maximum Gasteiger partial charge on any atom is 0.336 e. The molecule has 1 aliphatic rings. The quantitative estimate of drug-likeness (QED) is 0.900. The Balaban J connectivity index is 2.60. The van der Waals surface area contributed by atoms with Gasteiger partial charge in [-0.15, -0.1) is 0 Å². The molecule has 0 aromatic heterocycles. The predicted molar refractivity (Wildman–Crippen MR) is 72.3 cm³/mol. The molecule has 1 aromatic rings. The third kappa shape index (κ3) is 2.81. The molecule has 0 amide bonds. The van der Waals surface area contributed by atoms with Crippen LogP contribution in [0.4, 0.5) is 0 Å². The Labute approximate surface area is 113 Å². The fourth-order valence-corrected chi connectivity index (χ4v) is 4.72. The van der Waals surface area contributed by atoms with Gasteiger partial charge in [0.2, 0.25) is 0 Å². The number of benzene rings is 1. The van der Waals surface area contributed by atoms with Crippen LogP contribution in [-0.2, 0) is 16.3 Å². The van der Waals surface area contributed by atoms with Gasteiger partial charge in [0.15, 0.2) is 9.84 Å². The smallest absolute Gasteiger partial charge is 0.336 e. The summed E-state index contributed by atoms with van der Waals surface area (Å²) in [5, 5.41) is 9.18. The van der Waals surface area contributed by atoms with Crippen LogP contribution in [0, 0.1) is 12.8 Å². The monoisotopic (exact) mass is 282 g/mol. The SMILES string of the molecule is CCc1c(C(=O)O)ccc(C)c1S(=O)(=O)CC1CC1. The normalized spacial score (nSPS) is 15.5. The van der Waals surface area contributed by atoms with E-state index in [0.29, 0.717) is 17.5 Å². The van der Waals surface area contributed by atoms with E-state index in [9.17, 15) is 18.3 Å². The van der Waals surface area contributed by atoms with Crippen LogP contribution in [0.1, 0.15) is 41.3 Å². The van der Waals surface area contributed by atoms with E-state index in [0.717, 1.165) is 12.8 Å². The van der Waals surface area contributed by atoms with Gasteiger partial charge in [-0.05, 0) is 49.3 Å². The topological polar surface area (TPSA) is 71.4 Å². The van der Waals surface area contributed by atoms with E-state index in [4.69, 9.17) is 0 Å². The number of aromatic carboxylic acids is 1. The number of carbonyl (C=O) groups is 1. The molecular weight excluding hydrogens is 264 g/mol. The lowest BCUT2D eigenvalue weighted by Gasteiger charge is -2.14. The lowest BCUT2D eigenvalue weighted by molar-refractivity contribution is 0.0695. The Kier molecular flexibility index (Phi) is 3.67. The van der Waals surface area contributed by atoms with E-state index in [1.54, 1.807) is 19.9 Å². The van der Waals surface area contributed by atoms with Gasteiger partial charge in [0.05, 0.1) is 16.2 Å². The van der Waals surface area contributed by atoms with Gasteiger partial charge < -0.3 is 5.11 Å². The van der Waals surface area contributed by atoms with Gasteiger partial charge in [0.1, 0.15) is 0 Å². The summed E-state index contributed by atoms with van der Waals surface area (Å²) in [5.74, 6) is -0.675. The van der Waals surface area contributed by atoms with Crippen molar-refractivity contribution in [1.29, 1.82) is 0 Å². The number of sulfone groups is 1. The van der Waals surface area contributed by atoms with Gasteiger partial charge in [0.25, 0.3) is 0 Å². The molecule has 19 heavy (non-hydrogen) atoms. The van der Waals surface area contributed by atoms with Crippen molar-refractivity contribution in [3.63, 3.8) is 0 Å². The van der Waals surface area contributed by atoms with Gasteiger partial charge >= 0.3 is 5.97 Å². The third-order valence-corrected chi connectivity index (χ3v) is 5.60. The maximum absolute atomic E-state index is 12.5. The summed E-state index contributed by atoms with van der Waals surface area (Å²) in [7, 11) is -3.39. The number of carboxylic acids is 1. The molecule has 0 bridgehead atoms. The molecule has 0 atom stereocenters. The lowest BCUT2D eigenvalue weighted by atomic mass is 10.0. The standard InChI is InChI=1S/C14H18O4S/c1-3-11-12(14(15)16)7-4-9(2)13(11)19(17,18)8-10-5-6-10/h4,7,10H,3,5-6,8H2,1-2H3,(H,15,16). The second-order valence-corrected chi connectivity index (χ2v) is 7.09. The van der Waals surface area contributed by atoms with Crippen molar-refractivity contribution in [3.8, 4) is 0 Å². The maximum atomic E-state index is 12.5. The molecule has 0 aliphatic heterocycles. The van der Waals surface area contributed by atoms with Crippen molar-refractivity contribution in [1.82, 2.24) is 0 Å². The molecule has 0 saturated heterocycles. The Morgan fingerprint density at radius 3 is 2.47 bits per heavy atom. The molecule has 1 fully saturated rings. The number of hydrogen-bond acceptors (Lipinski definition) is 3. The Morgan fingerprint density at radius 1 is 1.37 bits per heavy atom. The highest BCUT2D eigenvalue weighted by molar-refractivity contribution is 7.91. The molecule has 1 aliphatic carbocycles. The summed E-state index contributed by atoms with van der Waals surface area (Å²) >= 11 is 0. The van der Waals surface area contributed by atoms with Gasteiger partial charge in [-0.2, -0.15) is 0 Å². The fraction of sp³-hybridized carbons (Fsp3) is 0.500. The number of hydrogen-bond donors (Lipinski definition) is 1. The number of carboxylic acid groups (broad SMARTS) is 1. The van der Waals surface area contributed by atoms with Gasteiger partial charge in [0, 0.05) is 0 Å². The van der Waals surface area contributed by atoms with Crippen LogP contribution in [0.2, 0.25) is 0 Å².